The van der Waals surface area contributed by atoms with Gasteiger partial charge in [0.05, 0.1) is 24.2 Å². The molecule has 3 saturated carbocycles. The van der Waals surface area contributed by atoms with Crippen molar-refractivity contribution in [3.63, 3.8) is 0 Å². The Morgan fingerprint density at radius 3 is 2.32 bits per heavy atom. The van der Waals surface area contributed by atoms with Crippen molar-refractivity contribution in [3.05, 3.63) is 90.0 Å². The molecule has 7 rings (SSSR count). The quantitative estimate of drug-likeness (QED) is 0.239. The van der Waals surface area contributed by atoms with Crippen molar-refractivity contribution in [2.75, 3.05) is 6.61 Å². The number of hydrogen-bond donors (Lipinski definition) is 4. The van der Waals surface area contributed by atoms with Crippen molar-refractivity contribution < 1.29 is 28.3 Å². The maximum absolute atomic E-state index is 13.9. The Morgan fingerprint density at radius 2 is 1.68 bits per heavy atom. The van der Waals surface area contributed by atoms with Crippen LogP contribution in [0.3, 0.4) is 0 Å². The zero-order valence-electron chi connectivity index (χ0n) is 27.5. The van der Waals surface area contributed by atoms with Gasteiger partial charge in [0.1, 0.15) is 12.1 Å². The number of hydroxylamine groups is 2. The van der Waals surface area contributed by atoms with Crippen LogP contribution >= 0.6 is 0 Å². The van der Waals surface area contributed by atoms with Gasteiger partial charge < -0.3 is 15.5 Å². The van der Waals surface area contributed by atoms with Crippen LogP contribution in [0, 0.1) is 29.1 Å². The van der Waals surface area contributed by atoms with Gasteiger partial charge >= 0.3 is 0 Å². The molecule has 9 nitrogen and oxygen atoms in total. The van der Waals surface area contributed by atoms with Gasteiger partial charge in [0.25, 0.3) is 0 Å². The second-order valence-corrected chi connectivity index (χ2v) is 16.0. The summed E-state index contributed by atoms with van der Waals surface area (Å²) in [6.45, 7) is 8.46. The van der Waals surface area contributed by atoms with E-state index >= 15 is 0 Å². The maximum atomic E-state index is 13.9. The highest BCUT2D eigenvalue weighted by atomic mass is 32.2. The first-order valence-electron chi connectivity index (χ1n) is 16.6. The van der Waals surface area contributed by atoms with Gasteiger partial charge in [-0.05, 0) is 77.3 Å². The largest absolute Gasteiger partial charge is 0.394 e. The number of nitrogens with one attached hydrogen (secondary N) is 2. The first kappa shape index (κ1) is 33.8. The molecule has 0 spiro atoms. The normalized spacial score (nSPS) is 29.2. The summed E-state index contributed by atoms with van der Waals surface area (Å²) >= 11 is 0. The third-order valence-corrected chi connectivity index (χ3v) is 12.5. The summed E-state index contributed by atoms with van der Waals surface area (Å²) < 4.78 is 28.9. The molecular formula is C37H47N3O6S. The summed E-state index contributed by atoms with van der Waals surface area (Å²) in [4.78, 5) is 20.2. The smallest absolute Gasteiger partial charge is 0.240 e. The molecule has 10 heteroatoms. The first-order chi connectivity index (χ1) is 22.4. The number of hydrogen-bond acceptors (Lipinski definition) is 7. The number of aliphatic hydroxyl groups excluding tert-OH is 2. The fourth-order valence-corrected chi connectivity index (χ4v) is 9.24. The van der Waals surface area contributed by atoms with E-state index < -0.39 is 34.2 Å². The van der Waals surface area contributed by atoms with Crippen LogP contribution in [-0.2, 0) is 32.7 Å². The van der Waals surface area contributed by atoms with Crippen molar-refractivity contribution in [1.29, 1.82) is 0 Å². The van der Waals surface area contributed by atoms with Crippen LogP contribution in [0.4, 0.5) is 0 Å². The third kappa shape index (κ3) is 6.77. The lowest BCUT2D eigenvalue weighted by Crippen LogP contribution is -2.62. The van der Waals surface area contributed by atoms with E-state index in [0.29, 0.717) is 23.2 Å². The predicted molar refractivity (Wildman–Crippen MR) is 180 cm³/mol. The molecular weight excluding hydrogens is 614 g/mol. The van der Waals surface area contributed by atoms with Gasteiger partial charge in [-0.2, -0.15) is 5.06 Å². The molecule has 1 unspecified atom stereocenters. The molecule has 1 heterocycles. The Bertz CT molecular complexity index is 1660. The maximum Gasteiger partial charge on any atom is 0.240 e. The molecule has 4 fully saturated rings. The van der Waals surface area contributed by atoms with Crippen LogP contribution in [0.25, 0.3) is 11.1 Å². The summed E-state index contributed by atoms with van der Waals surface area (Å²) in [5.74, 6) is 0.666. The molecule has 2 bridgehead atoms. The van der Waals surface area contributed by atoms with Gasteiger partial charge in [-0.1, -0.05) is 87.5 Å². The highest BCUT2D eigenvalue weighted by molar-refractivity contribution is 7.89. The Balaban J connectivity index is 1.13. The Kier molecular flexibility index (Phi) is 9.64. The van der Waals surface area contributed by atoms with Crippen molar-refractivity contribution in [2.24, 2.45) is 29.1 Å². The van der Waals surface area contributed by atoms with Crippen LogP contribution in [0.1, 0.15) is 51.7 Å². The third-order valence-electron chi connectivity index (χ3n) is 11.1. The monoisotopic (exact) mass is 661 g/mol. The lowest BCUT2D eigenvalue weighted by atomic mass is 9.45. The van der Waals surface area contributed by atoms with Crippen molar-refractivity contribution in [1.82, 2.24) is 15.1 Å². The van der Waals surface area contributed by atoms with Crippen LogP contribution < -0.4 is 10.0 Å². The second kappa shape index (κ2) is 13.4. The molecule has 1 aliphatic heterocycles. The minimum atomic E-state index is -3.76. The topological polar surface area (TPSA) is 128 Å². The Morgan fingerprint density at radius 1 is 1.00 bits per heavy atom. The van der Waals surface area contributed by atoms with E-state index in [1.807, 2.05) is 54.6 Å². The molecule has 1 amide bonds. The molecule has 1 saturated heterocycles. The highest BCUT2D eigenvalue weighted by Crippen LogP contribution is 2.61. The van der Waals surface area contributed by atoms with Crippen molar-refractivity contribution >= 4 is 15.9 Å². The SMILES string of the molecule is C[C@@H]1[C@@H](NC(=O)C2[C@H]([C@H](C)O)[C@H](CO)ON2Cc2cccc(CNS(=O)(=O)c3ccc(-c4ccccc4)cc3)c2)C[C@H]2C[C@@H]1C2(C)C. The molecule has 3 aliphatic carbocycles. The summed E-state index contributed by atoms with van der Waals surface area (Å²) in [5.41, 5.74) is 3.79. The Hall–Kier alpha value is -3.12. The number of amides is 1. The van der Waals surface area contributed by atoms with Gasteiger partial charge in [0, 0.05) is 18.5 Å². The zero-order chi connectivity index (χ0) is 33.5. The molecule has 3 aromatic carbocycles. The average Bonchev–Trinajstić information content (AvgIpc) is 3.43. The summed E-state index contributed by atoms with van der Waals surface area (Å²) in [7, 11) is -3.76. The lowest BCUT2D eigenvalue weighted by Gasteiger charge is -2.62. The van der Waals surface area contributed by atoms with Gasteiger partial charge in [0.2, 0.25) is 15.9 Å². The number of nitrogens with zero attached hydrogens (tertiary/aromatic N) is 1. The number of carbonyl (C=O) groups excluding carboxylic acids is 1. The van der Waals surface area contributed by atoms with E-state index in [1.165, 1.54) is 6.42 Å². The van der Waals surface area contributed by atoms with Crippen LogP contribution in [0.2, 0.25) is 0 Å². The summed E-state index contributed by atoms with van der Waals surface area (Å²) in [6.07, 6.45) is 0.522. The van der Waals surface area contributed by atoms with Crippen LogP contribution in [0.5, 0.6) is 0 Å². The lowest BCUT2D eigenvalue weighted by molar-refractivity contribution is -0.183. The van der Waals surface area contributed by atoms with Gasteiger partial charge in [-0.25, -0.2) is 13.1 Å². The number of sulfonamides is 1. The number of fused-ring (bicyclic) bond motifs is 2. The van der Waals surface area contributed by atoms with E-state index in [4.69, 9.17) is 4.84 Å². The molecule has 47 heavy (non-hydrogen) atoms. The molecule has 3 aromatic rings. The molecule has 4 N–H and O–H groups in total. The number of carbonyl (C=O) groups is 1. The fourth-order valence-electron chi connectivity index (χ4n) is 8.22. The van der Waals surface area contributed by atoms with Crippen molar-refractivity contribution in [2.45, 2.75) is 82.8 Å². The van der Waals surface area contributed by atoms with Crippen LogP contribution in [-0.4, -0.2) is 60.5 Å². The zero-order valence-corrected chi connectivity index (χ0v) is 28.4. The minimum Gasteiger partial charge on any atom is -0.394 e. The minimum absolute atomic E-state index is 0.0508. The summed E-state index contributed by atoms with van der Waals surface area (Å²) in [6, 6.07) is 23.3. The second-order valence-electron chi connectivity index (χ2n) is 14.3. The molecule has 8 atom stereocenters. The van der Waals surface area contributed by atoms with Gasteiger partial charge in [0.15, 0.2) is 0 Å². The standard InChI is InChI=1S/C37H47N3O6S/c1-23-31-18-29(37(31,3)4)19-32(23)39-36(43)35-34(24(2)42)33(22-41)46-40(35)21-26-10-8-9-25(17-26)20-38-47(44,45)30-15-13-28(14-16-30)27-11-6-5-7-12-27/h5-17,23-24,29,31-35,38,41-42H,18-22H2,1-4H3,(H,39,43)/t23-,24-,29+,31-,32-,33-,34+,35?/m0/s1. The van der Waals surface area contributed by atoms with Crippen molar-refractivity contribution in [3.8, 4) is 11.1 Å². The molecule has 0 aromatic heterocycles. The molecule has 252 valence electrons. The fraction of sp³-hybridized carbons (Fsp3) is 0.486. The predicted octanol–water partition coefficient (Wildman–Crippen LogP) is 4.49. The van der Waals surface area contributed by atoms with E-state index in [0.717, 1.165) is 28.7 Å². The van der Waals surface area contributed by atoms with E-state index in [9.17, 15) is 23.4 Å². The Labute approximate surface area is 278 Å². The first-order valence-corrected chi connectivity index (χ1v) is 18.1. The molecule has 4 aliphatic rings. The van der Waals surface area contributed by atoms with E-state index in [2.05, 4.69) is 30.8 Å². The number of rotatable bonds is 11. The van der Waals surface area contributed by atoms with Gasteiger partial charge in [-0.15, -0.1) is 0 Å². The number of aliphatic hydroxyl groups is 2. The van der Waals surface area contributed by atoms with E-state index in [1.54, 1.807) is 36.3 Å². The van der Waals surface area contributed by atoms with E-state index in [-0.39, 0.29) is 36.5 Å². The van der Waals surface area contributed by atoms with Crippen LogP contribution in [0.15, 0.2) is 83.8 Å². The highest BCUT2D eigenvalue weighted by Gasteiger charge is 2.57. The van der Waals surface area contributed by atoms with Gasteiger partial charge in [-0.3, -0.25) is 9.63 Å². The average molecular weight is 662 g/mol. The molecule has 0 radical (unpaired) electrons. The number of benzene rings is 3. The summed E-state index contributed by atoms with van der Waals surface area (Å²) in [5, 5.41) is 25.7.